The van der Waals surface area contributed by atoms with E-state index in [1.165, 1.54) is 0 Å². The minimum atomic E-state index is -0.202. The van der Waals surface area contributed by atoms with Crippen molar-refractivity contribution in [3.05, 3.63) is 65.1 Å². The van der Waals surface area contributed by atoms with Crippen LogP contribution in [0.15, 0.2) is 59.5 Å². The molecule has 2 heterocycles. The number of aromatic nitrogens is 5. The summed E-state index contributed by atoms with van der Waals surface area (Å²) in [5, 5.41) is 8.75. The Morgan fingerprint density at radius 3 is 2.88 bits per heavy atom. The maximum Gasteiger partial charge on any atom is 0.259 e. The molecule has 2 aromatic carbocycles. The van der Waals surface area contributed by atoms with Crippen molar-refractivity contribution in [2.24, 2.45) is 0 Å². The number of ether oxygens (including phenoxy) is 1. The molecule has 4 rings (SSSR count). The Kier molecular flexibility index (Phi) is 3.31. The predicted molar refractivity (Wildman–Crippen MR) is 89.3 cm³/mol. The van der Waals surface area contributed by atoms with Crippen LogP contribution < -0.4 is 10.3 Å². The van der Waals surface area contributed by atoms with Gasteiger partial charge in [-0.25, -0.2) is 9.67 Å². The third-order valence-electron chi connectivity index (χ3n) is 3.67. The molecule has 0 aliphatic heterocycles. The highest BCUT2D eigenvalue weighted by Gasteiger charge is 2.10. The standard InChI is InChI=1S/C17H13N5O2/c1-24-12-6-4-5-11(9-12)22-10-15(20-21-22)16-18-14-8-3-2-7-13(14)17(23)19-16/h2-10H,1H3,(H,18,19,23). The fourth-order valence-corrected chi connectivity index (χ4v) is 2.46. The maximum atomic E-state index is 12.2. The van der Waals surface area contributed by atoms with Gasteiger partial charge in [-0.1, -0.05) is 23.4 Å². The third-order valence-corrected chi connectivity index (χ3v) is 3.67. The van der Waals surface area contributed by atoms with Crippen LogP contribution in [0.1, 0.15) is 0 Å². The van der Waals surface area contributed by atoms with Gasteiger partial charge < -0.3 is 9.72 Å². The average Bonchev–Trinajstić information content (AvgIpc) is 3.12. The summed E-state index contributed by atoms with van der Waals surface area (Å²) in [7, 11) is 1.61. The maximum absolute atomic E-state index is 12.2. The minimum absolute atomic E-state index is 0.202. The van der Waals surface area contributed by atoms with E-state index in [-0.39, 0.29) is 5.56 Å². The zero-order valence-corrected chi connectivity index (χ0v) is 12.8. The highest BCUT2D eigenvalue weighted by atomic mass is 16.5. The van der Waals surface area contributed by atoms with E-state index in [0.717, 1.165) is 11.4 Å². The van der Waals surface area contributed by atoms with Crippen molar-refractivity contribution >= 4 is 10.9 Å². The van der Waals surface area contributed by atoms with Gasteiger partial charge in [-0.05, 0) is 24.3 Å². The van der Waals surface area contributed by atoms with Crippen molar-refractivity contribution in [1.82, 2.24) is 25.0 Å². The van der Waals surface area contributed by atoms with Crippen molar-refractivity contribution < 1.29 is 4.74 Å². The molecule has 0 bridgehead atoms. The molecule has 0 unspecified atom stereocenters. The van der Waals surface area contributed by atoms with Crippen molar-refractivity contribution in [1.29, 1.82) is 0 Å². The zero-order valence-electron chi connectivity index (χ0n) is 12.8. The summed E-state index contributed by atoms with van der Waals surface area (Å²) >= 11 is 0. The van der Waals surface area contributed by atoms with Crippen LogP contribution in [0.25, 0.3) is 28.1 Å². The first-order chi connectivity index (χ1) is 11.7. The molecule has 0 saturated heterocycles. The number of H-pyrrole nitrogens is 1. The summed E-state index contributed by atoms with van der Waals surface area (Å²) < 4.78 is 6.81. The van der Waals surface area contributed by atoms with Crippen LogP contribution in [0.5, 0.6) is 5.75 Å². The minimum Gasteiger partial charge on any atom is -0.497 e. The molecule has 7 heteroatoms. The number of nitrogens with one attached hydrogen (secondary N) is 1. The van der Waals surface area contributed by atoms with Crippen LogP contribution in [0, 0.1) is 0 Å². The number of hydrogen-bond acceptors (Lipinski definition) is 5. The van der Waals surface area contributed by atoms with E-state index >= 15 is 0 Å². The highest BCUT2D eigenvalue weighted by Crippen LogP contribution is 2.18. The van der Waals surface area contributed by atoms with Gasteiger partial charge in [-0.15, -0.1) is 5.10 Å². The van der Waals surface area contributed by atoms with Crippen LogP contribution in [0.2, 0.25) is 0 Å². The molecule has 0 spiro atoms. The molecule has 0 aliphatic rings. The molecule has 4 aromatic rings. The van der Waals surface area contributed by atoms with Crippen LogP contribution in [-0.4, -0.2) is 32.1 Å². The van der Waals surface area contributed by atoms with Gasteiger partial charge >= 0.3 is 0 Å². The fraction of sp³-hybridized carbons (Fsp3) is 0.0588. The summed E-state index contributed by atoms with van der Waals surface area (Å²) in [4.78, 5) is 19.4. The molecular formula is C17H13N5O2. The molecule has 0 amide bonds. The van der Waals surface area contributed by atoms with E-state index in [1.54, 1.807) is 36.2 Å². The van der Waals surface area contributed by atoms with Gasteiger partial charge in [0, 0.05) is 6.07 Å². The quantitative estimate of drug-likeness (QED) is 0.625. The number of benzene rings is 2. The predicted octanol–water partition coefficient (Wildman–Crippen LogP) is 2.18. The summed E-state index contributed by atoms with van der Waals surface area (Å²) in [6.45, 7) is 0. The SMILES string of the molecule is COc1cccc(-n2cc(-c3nc4ccccc4c(=O)[nH]3)nn2)c1. The van der Waals surface area contributed by atoms with E-state index in [0.29, 0.717) is 22.4 Å². The Hall–Kier alpha value is -3.48. The number of fused-ring (bicyclic) bond motifs is 1. The number of methoxy groups -OCH3 is 1. The van der Waals surface area contributed by atoms with E-state index in [9.17, 15) is 4.79 Å². The summed E-state index contributed by atoms with van der Waals surface area (Å²) in [5.41, 5.74) is 1.70. The van der Waals surface area contributed by atoms with Gasteiger partial charge in [0.25, 0.3) is 5.56 Å². The lowest BCUT2D eigenvalue weighted by atomic mass is 10.2. The van der Waals surface area contributed by atoms with Gasteiger partial charge in [-0.3, -0.25) is 4.79 Å². The van der Waals surface area contributed by atoms with Crippen molar-refractivity contribution in [2.45, 2.75) is 0 Å². The summed E-state index contributed by atoms with van der Waals surface area (Å²) in [5.74, 6) is 1.11. The largest absolute Gasteiger partial charge is 0.497 e. The normalized spacial score (nSPS) is 10.9. The summed E-state index contributed by atoms with van der Waals surface area (Å²) in [6, 6.07) is 14.6. The molecule has 0 radical (unpaired) electrons. The lowest BCUT2D eigenvalue weighted by Crippen LogP contribution is -2.09. The van der Waals surface area contributed by atoms with Crippen LogP contribution >= 0.6 is 0 Å². The molecular weight excluding hydrogens is 306 g/mol. The molecule has 24 heavy (non-hydrogen) atoms. The monoisotopic (exact) mass is 319 g/mol. The average molecular weight is 319 g/mol. The Bertz CT molecular complexity index is 1080. The van der Waals surface area contributed by atoms with Crippen LogP contribution in [0.4, 0.5) is 0 Å². The van der Waals surface area contributed by atoms with E-state index in [4.69, 9.17) is 4.74 Å². The van der Waals surface area contributed by atoms with Crippen molar-refractivity contribution in [3.8, 4) is 23.0 Å². The second-order valence-electron chi connectivity index (χ2n) is 5.18. The fourth-order valence-electron chi connectivity index (χ4n) is 2.46. The number of hydrogen-bond donors (Lipinski definition) is 1. The number of rotatable bonds is 3. The van der Waals surface area contributed by atoms with E-state index < -0.39 is 0 Å². The lowest BCUT2D eigenvalue weighted by Gasteiger charge is -2.03. The smallest absolute Gasteiger partial charge is 0.259 e. The molecule has 0 saturated carbocycles. The van der Waals surface area contributed by atoms with Gasteiger partial charge in [0.05, 0.1) is 29.9 Å². The van der Waals surface area contributed by atoms with Gasteiger partial charge in [-0.2, -0.15) is 0 Å². The molecule has 0 atom stereocenters. The molecule has 7 nitrogen and oxygen atoms in total. The number of nitrogens with zero attached hydrogens (tertiary/aromatic N) is 4. The first-order valence-corrected chi connectivity index (χ1v) is 7.31. The Morgan fingerprint density at radius 2 is 2.00 bits per heavy atom. The Morgan fingerprint density at radius 1 is 1.12 bits per heavy atom. The Labute approximate surface area is 136 Å². The highest BCUT2D eigenvalue weighted by molar-refractivity contribution is 5.78. The van der Waals surface area contributed by atoms with Gasteiger partial charge in [0.15, 0.2) is 5.82 Å². The molecule has 1 N–H and O–H groups in total. The first-order valence-electron chi connectivity index (χ1n) is 7.31. The second-order valence-corrected chi connectivity index (χ2v) is 5.18. The Balaban J connectivity index is 1.79. The zero-order chi connectivity index (χ0) is 16.5. The van der Waals surface area contributed by atoms with Crippen LogP contribution in [-0.2, 0) is 0 Å². The molecule has 118 valence electrons. The number of para-hydroxylation sites is 1. The second kappa shape index (κ2) is 5.62. The molecule has 0 fully saturated rings. The van der Waals surface area contributed by atoms with E-state index in [2.05, 4.69) is 20.3 Å². The summed E-state index contributed by atoms with van der Waals surface area (Å²) in [6.07, 6.45) is 1.71. The van der Waals surface area contributed by atoms with Crippen molar-refractivity contribution in [2.75, 3.05) is 7.11 Å². The lowest BCUT2D eigenvalue weighted by molar-refractivity contribution is 0.414. The third kappa shape index (κ3) is 2.41. The van der Waals surface area contributed by atoms with Crippen LogP contribution in [0.3, 0.4) is 0 Å². The topological polar surface area (TPSA) is 85.7 Å². The molecule has 0 aliphatic carbocycles. The molecule has 2 aromatic heterocycles. The van der Waals surface area contributed by atoms with E-state index in [1.807, 2.05) is 30.3 Å². The first kappa shape index (κ1) is 14.1. The van der Waals surface area contributed by atoms with Gasteiger partial charge in [0.1, 0.15) is 11.4 Å². The number of aromatic amines is 1. The van der Waals surface area contributed by atoms with Crippen molar-refractivity contribution in [3.63, 3.8) is 0 Å². The van der Waals surface area contributed by atoms with Gasteiger partial charge in [0.2, 0.25) is 0 Å².